The standard InChI is InChI=1S/C19H18N4O3/c1-26-13-4-2-3-12(9-13)10-15(24)23-14-5-8-22-17(18(21)25)16(14)19(11-20)6-7-19/h2-5,8-9H,6-7,10H2,1H3,(H2,21,25)(H,22,23,24). The van der Waals surface area contributed by atoms with Crippen LogP contribution in [0.2, 0.25) is 0 Å². The van der Waals surface area contributed by atoms with Gasteiger partial charge in [0.1, 0.15) is 11.4 Å². The van der Waals surface area contributed by atoms with E-state index in [9.17, 15) is 14.9 Å². The lowest BCUT2D eigenvalue weighted by Crippen LogP contribution is -2.23. The van der Waals surface area contributed by atoms with Gasteiger partial charge in [0.25, 0.3) is 5.91 Å². The van der Waals surface area contributed by atoms with Gasteiger partial charge in [-0.2, -0.15) is 5.26 Å². The molecule has 0 atom stereocenters. The zero-order valence-electron chi connectivity index (χ0n) is 14.3. The molecule has 1 saturated carbocycles. The molecule has 0 radical (unpaired) electrons. The minimum absolute atomic E-state index is 0.0308. The maximum atomic E-state index is 12.5. The molecule has 3 N–H and O–H groups in total. The van der Waals surface area contributed by atoms with Gasteiger partial charge in [-0.1, -0.05) is 12.1 Å². The summed E-state index contributed by atoms with van der Waals surface area (Å²) in [7, 11) is 1.56. The number of nitriles is 1. The third kappa shape index (κ3) is 3.35. The first-order chi connectivity index (χ1) is 12.5. The monoisotopic (exact) mass is 350 g/mol. The van der Waals surface area contributed by atoms with Crippen molar-refractivity contribution in [1.29, 1.82) is 5.26 Å². The Kier molecular flexibility index (Phi) is 4.59. The van der Waals surface area contributed by atoms with E-state index in [-0.39, 0.29) is 18.0 Å². The van der Waals surface area contributed by atoms with Gasteiger partial charge in [0, 0.05) is 17.4 Å². The summed E-state index contributed by atoms with van der Waals surface area (Å²) < 4.78 is 5.16. The van der Waals surface area contributed by atoms with E-state index in [0.29, 0.717) is 29.8 Å². The number of carbonyl (C=O) groups excluding carboxylic acids is 2. The van der Waals surface area contributed by atoms with E-state index in [2.05, 4.69) is 16.4 Å². The number of pyridine rings is 1. The Labute approximate surface area is 150 Å². The maximum Gasteiger partial charge on any atom is 0.267 e. The van der Waals surface area contributed by atoms with Gasteiger partial charge in [0.2, 0.25) is 5.91 Å². The molecular weight excluding hydrogens is 332 g/mol. The molecule has 1 aliphatic carbocycles. The third-order valence-corrected chi connectivity index (χ3v) is 4.40. The van der Waals surface area contributed by atoms with Crippen molar-refractivity contribution in [3.05, 3.63) is 53.3 Å². The SMILES string of the molecule is COc1cccc(CC(=O)Nc2ccnc(C(N)=O)c2C2(C#N)CC2)c1. The van der Waals surface area contributed by atoms with E-state index in [1.807, 2.05) is 6.07 Å². The molecule has 132 valence electrons. The van der Waals surface area contributed by atoms with Crippen LogP contribution in [0.3, 0.4) is 0 Å². The summed E-state index contributed by atoms with van der Waals surface area (Å²) >= 11 is 0. The molecule has 1 heterocycles. The molecule has 26 heavy (non-hydrogen) atoms. The molecule has 3 rings (SSSR count). The number of primary amides is 1. The van der Waals surface area contributed by atoms with Gasteiger partial charge in [0.15, 0.2) is 0 Å². The van der Waals surface area contributed by atoms with Gasteiger partial charge in [-0.25, -0.2) is 0 Å². The second-order valence-electron chi connectivity index (χ2n) is 6.22. The number of ether oxygens (including phenoxy) is 1. The molecule has 2 amide bonds. The first kappa shape index (κ1) is 17.4. The molecule has 0 spiro atoms. The van der Waals surface area contributed by atoms with E-state index < -0.39 is 11.3 Å². The molecule has 2 aromatic rings. The zero-order valence-corrected chi connectivity index (χ0v) is 14.3. The predicted molar refractivity (Wildman–Crippen MR) is 94.6 cm³/mol. The van der Waals surface area contributed by atoms with Crippen molar-refractivity contribution in [1.82, 2.24) is 4.98 Å². The van der Waals surface area contributed by atoms with Crippen molar-refractivity contribution in [3.8, 4) is 11.8 Å². The van der Waals surface area contributed by atoms with Crippen LogP contribution in [0.15, 0.2) is 36.5 Å². The van der Waals surface area contributed by atoms with Crippen LogP contribution in [0.5, 0.6) is 5.75 Å². The van der Waals surface area contributed by atoms with Crippen molar-refractivity contribution >= 4 is 17.5 Å². The van der Waals surface area contributed by atoms with Crippen LogP contribution in [0, 0.1) is 11.3 Å². The summed E-state index contributed by atoms with van der Waals surface area (Å²) in [5.41, 5.74) is 6.23. The number of hydrogen-bond acceptors (Lipinski definition) is 5. The topological polar surface area (TPSA) is 118 Å². The van der Waals surface area contributed by atoms with E-state index in [1.54, 1.807) is 31.4 Å². The van der Waals surface area contributed by atoms with Crippen LogP contribution < -0.4 is 15.8 Å². The highest BCUT2D eigenvalue weighted by Crippen LogP contribution is 2.51. The normalized spacial score (nSPS) is 14.2. The van der Waals surface area contributed by atoms with Gasteiger partial charge in [-0.3, -0.25) is 14.6 Å². The number of hydrogen-bond donors (Lipinski definition) is 2. The molecule has 0 unspecified atom stereocenters. The molecule has 1 fully saturated rings. The number of rotatable bonds is 6. The Balaban J connectivity index is 1.88. The quantitative estimate of drug-likeness (QED) is 0.825. The van der Waals surface area contributed by atoms with Crippen LogP contribution in [0.4, 0.5) is 5.69 Å². The number of nitrogens with zero attached hydrogens (tertiary/aromatic N) is 2. The molecule has 1 aromatic heterocycles. The number of benzene rings is 1. The Morgan fingerprint density at radius 3 is 2.77 bits per heavy atom. The number of aromatic nitrogens is 1. The number of nitrogens with two attached hydrogens (primary N) is 1. The highest BCUT2D eigenvalue weighted by Gasteiger charge is 2.49. The second-order valence-corrected chi connectivity index (χ2v) is 6.22. The highest BCUT2D eigenvalue weighted by molar-refractivity contribution is 5.98. The van der Waals surface area contributed by atoms with Crippen LogP contribution in [-0.4, -0.2) is 23.9 Å². The summed E-state index contributed by atoms with van der Waals surface area (Å²) in [6.07, 6.45) is 2.74. The third-order valence-electron chi connectivity index (χ3n) is 4.40. The average Bonchev–Trinajstić information content (AvgIpc) is 3.42. The number of carbonyl (C=O) groups is 2. The van der Waals surface area contributed by atoms with Crippen molar-refractivity contribution in [2.24, 2.45) is 5.73 Å². The molecule has 1 aliphatic rings. The molecule has 0 aliphatic heterocycles. The first-order valence-corrected chi connectivity index (χ1v) is 8.12. The molecular formula is C19H18N4O3. The van der Waals surface area contributed by atoms with Crippen molar-refractivity contribution in [2.75, 3.05) is 12.4 Å². The number of amides is 2. The fourth-order valence-electron chi connectivity index (χ4n) is 2.94. The van der Waals surface area contributed by atoms with Gasteiger partial charge in [-0.15, -0.1) is 0 Å². The lowest BCUT2D eigenvalue weighted by atomic mass is 9.93. The largest absolute Gasteiger partial charge is 0.497 e. The number of nitrogens with one attached hydrogen (secondary N) is 1. The van der Waals surface area contributed by atoms with Crippen LogP contribution in [0.25, 0.3) is 0 Å². The molecule has 7 nitrogen and oxygen atoms in total. The van der Waals surface area contributed by atoms with E-state index in [1.165, 1.54) is 6.20 Å². The average molecular weight is 350 g/mol. The summed E-state index contributed by atoms with van der Waals surface area (Å²) in [6.45, 7) is 0. The Morgan fingerprint density at radius 1 is 1.38 bits per heavy atom. The van der Waals surface area contributed by atoms with Crippen LogP contribution >= 0.6 is 0 Å². The van der Waals surface area contributed by atoms with Crippen molar-refractivity contribution < 1.29 is 14.3 Å². The van der Waals surface area contributed by atoms with Gasteiger partial charge < -0.3 is 15.8 Å². The van der Waals surface area contributed by atoms with Crippen LogP contribution in [0.1, 0.15) is 34.5 Å². The highest BCUT2D eigenvalue weighted by atomic mass is 16.5. The molecule has 7 heteroatoms. The Bertz CT molecular complexity index is 913. The van der Waals surface area contributed by atoms with Crippen LogP contribution in [-0.2, 0) is 16.6 Å². The fourth-order valence-corrected chi connectivity index (χ4v) is 2.94. The number of methoxy groups -OCH3 is 1. The Morgan fingerprint density at radius 2 is 2.15 bits per heavy atom. The second kappa shape index (κ2) is 6.84. The fraction of sp³-hybridized carbons (Fsp3) is 0.263. The van der Waals surface area contributed by atoms with E-state index >= 15 is 0 Å². The maximum absolute atomic E-state index is 12.5. The van der Waals surface area contributed by atoms with Crippen molar-refractivity contribution in [3.63, 3.8) is 0 Å². The minimum Gasteiger partial charge on any atom is -0.497 e. The summed E-state index contributed by atoms with van der Waals surface area (Å²) in [5.74, 6) is -0.322. The number of anilines is 1. The van der Waals surface area contributed by atoms with E-state index in [4.69, 9.17) is 10.5 Å². The van der Waals surface area contributed by atoms with Gasteiger partial charge in [0.05, 0.1) is 25.0 Å². The lowest BCUT2D eigenvalue weighted by molar-refractivity contribution is -0.115. The molecule has 0 bridgehead atoms. The molecule has 0 saturated heterocycles. The predicted octanol–water partition coefficient (Wildman–Crippen LogP) is 1.93. The smallest absolute Gasteiger partial charge is 0.267 e. The zero-order chi connectivity index (χ0) is 18.7. The van der Waals surface area contributed by atoms with Crippen molar-refractivity contribution in [2.45, 2.75) is 24.7 Å². The van der Waals surface area contributed by atoms with Gasteiger partial charge >= 0.3 is 0 Å². The summed E-state index contributed by atoms with van der Waals surface area (Å²) in [6, 6.07) is 11.0. The van der Waals surface area contributed by atoms with E-state index in [0.717, 1.165) is 5.56 Å². The Hall–Kier alpha value is -3.40. The van der Waals surface area contributed by atoms with Gasteiger partial charge in [-0.05, 0) is 36.6 Å². The summed E-state index contributed by atoms with van der Waals surface area (Å²) in [5, 5.41) is 12.3. The first-order valence-electron chi connectivity index (χ1n) is 8.12. The summed E-state index contributed by atoms with van der Waals surface area (Å²) in [4.78, 5) is 28.2. The molecule has 1 aromatic carbocycles. The lowest BCUT2D eigenvalue weighted by Gasteiger charge is -2.16. The minimum atomic E-state index is -0.808.